The smallest absolute Gasteiger partial charge is 0.748 e. The van der Waals surface area contributed by atoms with Crippen LogP contribution in [-0.2, 0) is 33.2 Å². The maximum Gasteiger partial charge on any atom is 1.00 e. The molecule has 1 aliphatic rings. The number of aromatic nitrogens is 1. The summed E-state index contributed by atoms with van der Waals surface area (Å²) in [5.41, 5.74) is 3.85. The molecule has 1 aromatic heterocycles. The van der Waals surface area contributed by atoms with Gasteiger partial charge in [0.05, 0.1) is 31.0 Å². The number of fused-ring (bicyclic) bond motifs is 2. The number of nitrogens with zero attached hydrogens (tertiary/aromatic N) is 2. The molecule has 0 spiro atoms. The van der Waals surface area contributed by atoms with E-state index in [1.165, 1.54) is 23.1 Å². The van der Waals surface area contributed by atoms with E-state index < -0.39 is 31.7 Å². The third-order valence-electron chi connectivity index (χ3n) is 7.07. The van der Waals surface area contributed by atoms with Crippen molar-refractivity contribution < 1.29 is 81.9 Å². The van der Waals surface area contributed by atoms with E-state index in [9.17, 15) is 25.9 Å². The monoisotopic (exact) mass is 774 g/mol. The summed E-state index contributed by atoms with van der Waals surface area (Å²) in [6, 6.07) is 21.0. The van der Waals surface area contributed by atoms with Crippen molar-refractivity contribution in [1.29, 1.82) is 0 Å². The van der Waals surface area contributed by atoms with E-state index in [-0.39, 0.29) is 64.2 Å². The van der Waals surface area contributed by atoms with E-state index in [0.717, 1.165) is 42.0 Å². The average Bonchev–Trinajstić information content (AvgIpc) is 3.50. The molecule has 3 aromatic carbocycles. The molecule has 0 unspecified atom stereocenters. The molecule has 0 saturated heterocycles. The van der Waals surface area contributed by atoms with Gasteiger partial charge >= 0.3 is 51.4 Å². The first-order chi connectivity index (χ1) is 21.8. The zero-order valence-corrected chi connectivity index (χ0v) is 33.2. The van der Waals surface area contributed by atoms with Gasteiger partial charge in [-0.05, 0) is 60.4 Å². The summed E-state index contributed by atoms with van der Waals surface area (Å²) in [6.45, 7) is 0.687. The standard InChI is InChI=1S/C32H30Cl2N2O6S4.K/c33-25-10-12-27-29(21-25)43-31(35(27)16-4-18-45(37,38)39)14-8-24(20-23-6-2-1-3-7-23)9-15-32-36(17-5-19-46(40,41)42)28-13-11-26(34)22-30(28)44-32;/h1-3,6-15,21-22H,4-5,16-20H2,(H-,37,38,39,40,41,42);/q;+1/p-1. The minimum atomic E-state index is -4.34. The third kappa shape index (κ3) is 11.5. The minimum Gasteiger partial charge on any atom is -0.748 e. The number of hydrogen-bond acceptors (Lipinski definition) is 9. The van der Waals surface area contributed by atoms with Gasteiger partial charge in [-0.25, -0.2) is 16.8 Å². The Kier molecular flexibility index (Phi) is 14.2. The molecule has 0 atom stereocenters. The van der Waals surface area contributed by atoms with Crippen molar-refractivity contribution in [2.75, 3.05) is 23.0 Å². The van der Waals surface area contributed by atoms with Crippen LogP contribution in [0.2, 0.25) is 10.0 Å². The van der Waals surface area contributed by atoms with Crippen LogP contribution in [0, 0.1) is 0 Å². The Labute approximate surface area is 336 Å². The Morgan fingerprint density at radius 1 is 0.894 bits per heavy atom. The van der Waals surface area contributed by atoms with E-state index in [1.54, 1.807) is 12.1 Å². The van der Waals surface area contributed by atoms with Crippen LogP contribution in [0.25, 0.3) is 16.3 Å². The van der Waals surface area contributed by atoms with Crippen molar-refractivity contribution in [3.8, 4) is 0 Å². The number of allylic oxidation sites excluding steroid dienone is 4. The quantitative estimate of drug-likeness (QED) is 0.0866. The molecule has 0 N–H and O–H groups in total. The fourth-order valence-electron chi connectivity index (χ4n) is 5.03. The number of anilines is 1. The second-order valence-corrected chi connectivity index (χ2v) is 16.6. The molecule has 0 bridgehead atoms. The van der Waals surface area contributed by atoms with Gasteiger partial charge in [-0.2, -0.15) is 4.57 Å². The van der Waals surface area contributed by atoms with Crippen molar-refractivity contribution in [1.82, 2.24) is 0 Å². The number of hydrogen-bond donors (Lipinski definition) is 0. The fourth-order valence-corrected chi connectivity index (χ4v) is 8.73. The molecule has 0 amide bonds. The van der Waals surface area contributed by atoms with Gasteiger partial charge < -0.3 is 14.0 Å². The number of aryl methyl sites for hydroxylation is 1. The summed E-state index contributed by atoms with van der Waals surface area (Å²) in [5.74, 6) is -0.910. The maximum absolute atomic E-state index is 11.3. The number of thiazole rings is 1. The zero-order valence-electron chi connectivity index (χ0n) is 25.3. The second-order valence-electron chi connectivity index (χ2n) is 10.5. The van der Waals surface area contributed by atoms with Crippen molar-refractivity contribution in [3.63, 3.8) is 0 Å². The van der Waals surface area contributed by atoms with Crippen LogP contribution in [0.3, 0.4) is 0 Å². The predicted molar refractivity (Wildman–Crippen MR) is 185 cm³/mol. The van der Waals surface area contributed by atoms with Crippen LogP contribution < -0.4 is 60.9 Å². The van der Waals surface area contributed by atoms with Crippen LogP contribution in [-0.4, -0.2) is 44.0 Å². The SMILES string of the molecule is O=S(=O)([O-])CCCN1/C(=C/C=C(/C=C/c2sc3cc(Cl)ccc3[n+]2CCCS(=O)(=O)[O-])Cc2ccccc2)Sc2cc(Cl)ccc21.[K+]. The van der Waals surface area contributed by atoms with Crippen LogP contribution in [0.5, 0.6) is 0 Å². The molecular weight excluding hydrogens is 747 g/mol. The molecule has 0 radical (unpaired) electrons. The predicted octanol–water partition coefficient (Wildman–Crippen LogP) is 4.01. The van der Waals surface area contributed by atoms with Crippen LogP contribution >= 0.6 is 46.3 Å². The van der Waals surface area contributed by atoms with E-state index in [1.807, 2.05) is 88.4 Å². The number of halogens is 2. The molecule has 8 nitrogen and oxygen atoms in total. The molecule has 242 valence electrons. The Hall–Kier alpha value is -1.04. The first kappa shape index (κ1) is 38.8. The number of rotatable bonds is 13. The molecule has 4 aromatic rings. The summed E-state index contributed by atoms with van der Waals surface area (Å²) in [7, 11) is -8.68. The molecule has 2 heterocycles. The summed E-state index contributed by atoms with van der Waals surface area (Å²) >= 11 is 15.5. The Bertz CT molecular complexity index is 2050. The van der Waals surface area contributed by atoms with Gasteiger partial charge in [-0.3, -0.25) is 0 Å². The van der Waals surface area contributed by atoms with Crippen molar-refractivity contribution >= 4 is 88.5 Å². The van der Waals surface area contributed by atoms with Crippen molar-refractivity contribution in [3.05, 3.63) is 116 Å². The summed E-state index contributed by atoms with van der Waals surface area (Å²) in [5, 5.41) is 2.90. The molecule has 0 aliphatic carbocycles. The van der Waals surface area contributed by atoms with Gasteiger partial charge in [0.25, 0.3) is 5.01 Å². The third-order valence-corrected chi connectivity index (χ3v) is 11.3. The number of benzene rings is 3. The van der Waals surface area contributed by atoms with Crippen LogP contribution in [0.1, 0.15) is 23.4 Å². The summed E-state index contributed by atoms with van der Waals surface area (Å²) < 4.78 is 70.6. The normalized spacial score (nSPS) is 14.7. The van der Waals surface area contributed by atoms with Crippen molar-refractivity contribution in [2.24, 2.45) is 0 Å². The first-order valence-corrected chi connectivity index (χ1v) is 19.8. The van der Waals surface area contributed by atoms with Gasteiger partial charge in [0, 0.05) is 51.6 Å². The minimum absolute atomic E-state index is 0. The topological polar surface area (TPSA) is 122 Å². The molecule has 15 heteroatoms. The Morgan fingerprint density at radius 3 is 2.30 bits per heavy atom. The molecule has 5 rings (SSSR count). The second kappa shape index (κ2) is 17.3. The van der Waals surface area contributed by atoms with Gasteiger partial charge in [0.1, 0.15) is 4.70 Å². The summed E-state index contributed by atoms with van der Waals surface area (Å²) in [6.07, 6.45) is 8.94. The van der Waals surface area contributed by atoms with E-state index in [4.69, 9.17) is 23.2 Å². The average molecular weight is 776 g/mol. The Morgan fingerprint density at radius 2 is 1.57 bits per heavy atom. The van der Waals surface area contributed by atoms with Gasteiger partial charge in [0.2, 0.25) is 5.52 Å². The van der Waals surface area contributed by atoms with Crippen LogP contribution in [0.4, 0.5) is 5.69 Å². The van der Waals surface area contributed by atoms with Gasteiger partial charge in [0.15, 0.2) is 6.54 Å². The summed E-state index contributed by atoms with van der Waals surface area (Å²) in [4.78, 5) is 2.93. The van der Waals surface area contributed by atoms with E-state index in [2.05, 4.69) is 0 Å². The van der Waals surface area contributed by atoms with Gasteiger partial charge in [-0.15, -0.1) is 0 Å². The first-order valence-electron chi connectivity index (χ1n) is 14.2. The fraction of sp³-hybridized carbons (Fsp3) is 0.219. The number of thioether (sulfide) groups is 1. The van der Waals surface area contributed by atoms with Crippen molar-refractivity contribution in [2.45, 2.75) is 30.7 Å². The maximum atomic E-state index is 11.3. The molecule has 0 saturated carbocycles. The largest absolute Gasteiger partial charge is 1.00 e. The molecule has 0 fully saturated rings. The van der Waals surface area contributed by atoms with Gasteiger partial charge in [-0.1, -0.05) is 88.8 Å². The van der Waals surface area contributed by atoms with E-state index in [0.29, 0.717) is 29.6 Å². The molecule has 47 heavy (non-hydrogen) atoms. The molecule has 1 aliphatic heterocycles. The van der Waals surface area contributed by atoms with E-state index >= 15 is 0 Å². The Balaban J connectivity index is 0.00000500. The van der Waals surface area contributed by atoms with Crippen LogP contribution in [0.15, 0.2) is 100 Å². The zero-order chi connectivity index (χ0) is 32.9. The molecular formula is C32H29Cl2KN2O6S4.